The molecule has 0 radical (unpaired) electrons. The highest BCUT2D eigenvalue weighted by Crippen LogP contribution is 2.24. The van der Waals surface area contributed by atoms with Gasteiger partial charge in [0.25, 0.3) is 0 Å². The zero-order valence-corrected chi connectivity index (χ0v) is 11.7. The Balaban J connectivity index is 2.26. The van der Waals surface area contributed by atoms with Crippen LogP contribution in [0.5, 0.6) is 0 Å². The van der Waals surface area contributed by atoms with Gasteiger partial charge in [-0.3, -0.25) is 5.84 Å². The number of hydrogen-bond acceptors (Lipinski definition) is 3. The molecule has 96 valence electrons. The molecule has 1 heterocycles. The lowest BCUT2D eigenvalue weighted by Crippen LogP contribution is -2.28. The van der Waals surface area contributed by atoms with Gasteiger partial charge >= 0.3 is 0 Å². The fraction of sp³-hybridized carbons (Fsp3) is 0.333. The third-order valence-corrected chi connectivity index (χ3v) is 3.67. The highest BCUT2D eigenvalue weighted by Gasteiger charge is 2.13. The Bertz CT molecular complexity index is 477. The summed E-state index contributed by atoms with van der Waals surface area (Å²) in [5, 5.41) is 4.22. The molecule has 0 bridgehead atoms. The third kappa shape index (κ3) is 3.19. The Hall–Kier alpha value is -1.16. The van der Waals surface area contributed by atoms with Gasteiger partial charge in [0.15, 0.2) is 0 Å². The van der Waals surface area contributed by atoms with Crippen LogP contribution in [0.1, 0.15) is 36.6 Å². The normalized spacial score (nSPS) is 12.9. The second-order valence-electron chi connectivity index (χ2n) is 5.00. The minimum absolute atomic E-state index is 0.0864. The monoisotopic (exact) mass is 260 g/mol. The molecular formula is C15H20N2S. The van der Waals surface area contributed by atoms with Crippen molar-refractivity contribution in [2.45, 2.75) is 26.3 Å². The molecule has 0 aliphatic rings. The van der Waals surface area contributed by atoms with Crippen LogP contribution in [-0.2, 0) is 6.42 Å². The van der Waals surface area contributed by atoms with E-state index >= 15 is 0 Å². The first-order valence-electron chi connectivity index (χ1n) is 6.27. The summed E-state index contributed by atoms with van der Waals surface area (Å²) in [7, 11) is 0. The molecule has 0 spiro atoms. The van der Waals surface area contributed by atoms with E-state index in [9.17, 15) is 0 Å². The van der Waals surface area contributed by atoms with E-state index in [0.29, 0.717) is 5.92 Å². The minimum atomic E-state index is 0.0864. The molecule has 3 heteroatoms. The SMILES string of the molecule is CC(C)Cc1cccc(C(NN)c2ccsc2)c1. The van der Waals surface area contributed by atoms with E-state index in [-0.39, 0.29) is 6.04 Å². The summed E-state index contributed by atoms with van der Waals surface area (Å²) in [6, 6.07) is 10.9. The molecule has 0 amide bonds. The Morgan fingerprint density at radius 3 is 2.67 bits per heavy atom. The van der Waals surface area contributed by atoms with Crippen molar-refractivity contribution in [2.24, 2.45) is 11.8 Å². The summed E-state index contributed by atoms with van der Waals surface area (Å²) in [5.74, 6) is 6.37. The first kappa shape index (κ1) is 13.3. The summed E-state index contributed by atoms with van der Waals surface area (Å²) in [6.07, 6.45) is 1.11. The van der Waals surface area contributed by atoms with Crippen LogP contribution in [0.15, 0.2) is 41.1 Å². The van der Waals surface area contributed by atoms with Gasteiger partial charge in [-0.2, -0.15) is 11.3 Å². The van der Waals surface area contributed by atoms with Crippen molar-refractivity contribution in [3.63, 3.8) is 0 Å². The predicted molar refractivity (Wildman–Crippen MR) is 78.5 cm³/mol. The lowest BCUT2D eigenvalue weighted by Gasteiger charge is -2.16. The standard InChI is InChI=1S/C15H20N2S/c1-11(2)8-12-4-3-5-13(9-12)15(17-16)14-6-7-18-10-14/h3-7,9-11,15,17H,8,16H2,1-2H3. The van der Waals surface area contributed by atoms with Crippen LogP contribution in [0.3, 0.4) is 0 Å². The first-order chi connectivity index (χ1) is 8.70. The van der Waals surface area contributed by atoms with E-state index < -0.39 is 0 Å². The molecule has 0 aliphatic carbocycles. The van der Waals surface area contributed by atoms with E-state index in [4.69, 9.17) is 5.84 Å². The highest BCUT2D eigenvalue weighted by molar-refractivity contribution is 7.08. The molecule has 1 unspecified atom stereocenters. The zero-order valence-electron chi connectivity index (χ0n) is 10.9. The Morgan fingerprint density at radius 2 is 2.06 bits per heavy atom. The smallest absolute Gasteiger partial charge is 0.0718 e. The average molecular weight is 260 g/mol. The molecule has 1 aromatic heterocycles. The van der Waals surface area contributed by atoms with Gasteiger partial charge in [-0.1, -0.05) is 38.1 Å². The maximum absolute atomic E-state index is 5.70. The first-order valence-corrected chi connectivity index (χ1v) is 7.22. The van der Waals surface area contributed by atoms with Gasteiger partial charge in [-0.25, -0.2) is 5.43 Å². The topological polar surface area (TPSA) is 38.0 Å². The summed E-state index contributed by atoms with van der Waals surface area (Å²) in [6.45, 7) is 4.48. The minimum Gasteiger partial charge on any atom is -0.271 e. The van der Waals surface area contributed by atoms with E-state index in [1.807, 2.05) is 0 Å². The maximum Gasteiger partial charge on any atom is 0.0718 e. The molecule has 2 nitrogen and oxygen atoms in total. The van der Waals surface area contributed by atoms with E-state index in [0.717, 1.165) is 6.42 Å². The largest absolute Gasteiger partial charge is 0.271 e. The van der Waals surface area contributed by atoms with Crippen molar-refractivity contribution in [1.82, 2.24) is 5.43 Å². The Kier molecular flexibility index (Phi) is 4.53. The van der Waals surface area contributed by atoms with Crippen molar-refractivity contribution >= 4 is 11.3 Å². The summed E-state index contributed by atoms with van der Waals surface area (Å²) >= 11 is 1.70. The summed E-state index contributed by atoms with van der Waals surface area (Å²) in [5.41, 5.74) is 6.74. The van der Waals surface area contributed by atoms with Crippen LogP contribution in [0.2, 0.25) is 0 Å². The average Bonchev–Trinajstić information content (AvgIpc) is 2.83. The van der Waals surface area contributed by atoms with Gasteiger partial charge in [-0.05, 0) is 45.9 Å². The number of benzene rings is 1. The zero-order chi connectivity index (χ0) is 13.0. The number of nitrogens with one attached hydrogen (secondary N) is 1. The van der Waals surface area contributed by atoms with Gasteiger partial charge in [0.05, 0.1) is 6.04 Å². The number of thiophene rings is 1. The van der Waals surface area contributed by atoms with Gasteiger partial charge in [-0.15, -0.1) is 0 Å². The quantitative estimate of drug-likeness (QED) is 0.638. The van der Waals surface area contributed by atoms with Crippen LogP contribution < -0.4 is 11.3 Å². The van der Waals surface area contributed by atoms with Crippen molar-refractivity contribution in [3.8, 4) is 0 Å². The van der Waals surface area contributed by atoms with Crippen LogP contribution >= 0.6 is 11.3 Å². The van der Waals surface area contributed by atoms with Crippen LogP contribution in [-0.4, -0.2) is 0 Å². The second-order valence-corrected chi connectivity index (χ2v) is 5.78. The van der Waals surface area contributed by atoms with Crippen molar-refractivity contribution in [1.29, 1.82) is 0 Å². The summed E-state index contributed by atoms with van der Waals surface area (Å²) < 4.78 is 0. The van der Waals surface area contributed by atoms with Crippen LogP contribution in [0.4, 0.5) is 0 Å². The van der Waals surface area contributed by atoms with Crippen molar-refractivity contribution in [2.75, 3.05) is 0 Å². The number of nitrogens with two attached hydrogens (primary N) is 1. The fourth-order valence-electron chi connectivity index (χ4n) is 2.20. The van der Waals surface area contributed by atoms with Gasteiger partial charge in [0.1, 0.15) is 0 Å². The molecule has 1 aromatic carbocycles. The Labute approximate surface area is 113 Å². The summed E-state index contributed by atoms with van der Waals surface area (Å²) in [4.78, 5) is 0. The van der Waals surface area contributed by atoms with E-state index in [2.05, 4.69) is 60.4 Å². The highest BCUT2D eigenvalue weighted by atomic mass is 32.1. The molecule has 1 atom stereocenters. The molecule has 18 heavy (non-hydrogen) atoms. The fourth-order valence-corrected chi connectivity index (χ4v) is 2.88. The molecule has 2 aromatic rings. The molecule has 3 N–H and O–H groups in total. The van der Waals surface area contributed by atoms with Gasteiger partial charge in [0, 0.05) is 0 Å². The van der Waals surface area contributed by atoms with Gasteiger partial charge in [0.2, 0.25) is 0 Å². The second kappa shape index (κ2) is 6.14. The van der Waals surface area contributed by atoms with Crippen molar-refractivity contribution in [3.05, 3.63) is 57.8 Å². The number of hydrazine groups is 1. The molecular weight excluding hydrogens is 240 g/mol. The molecule has 0 aliphatic heterocycles. The van der Waals surface area contributed by atoms with Crippen molar-refractivity contribution < 1.29 is 0 Å². The Morgan fingerprint density at radius 1 is 1.22 bits per heavy atom. The van der Waals surface area contributed by atoms with E-state index in [1.165, 1.54) is 16.7 Å². The number of hydrogen-bond donors (Lipinski definition) is 2. The van der Waals surface area contributed by atoms with Gasteiger partial charge < -0.3 is 0 Å². The molecule has 0 saturated heterocycles. The molecule has 0 saturated carbocycles. The van der Waals surface area contributed by atoms with E-state index in [1.54, 1.807) is 11.3 Å². The molecule has 2 rings (SSSR count). The number of rotatable bonds is 5. The lowest BCUT2D eigenvalue weighted by molar-refractivity contribution is 0.629. The van der Waals surface area contributed by atoms with Crippen LogP contribution in [0.25, 0.3) is 0 Å². The maximum atomic E-state index is 5.70. The van der Waals surface area contributed by atoms with Crippen LogP contribution in [0, 0.1) is 5.92 Å². The molecule has 0 fully saturated rings. The lowest BCUT2D eigenvalue weighted by atomic mass is 9.96. The third-order valence-electron chi connectivity index (χ3n) is 2.97. The predicted octanol–water partition coefficient (Wildman–Crippen LogP) is 3.50.